The third-order valence-electron chi connectivity index (χ3n) is 3.57. The van der Waals surface area contributed by atoms with Crippen LogP contribution in [0.25, 0.3) is 5.69 Å². The van der Waals surface area contributed by atoms with E-state index in [0.717, 1.165) is 5.56 Å². The number of thioether (sulfide) groups is 1. The first-order valence-corrected chi connectivity index (χ1v) is 9.71. The summed E-state index contributed by atoms with van der Waals surface area (Å²) in [7, 11) is 0. The number of hydrogen-bond donors (Lipinski definition) is 0. The fourth-order valence-corrected chi connectivity index (χ4v) is 3.63. The second kappa shape index (κ2) is 8.62. The zero-order valence-corrected chi connectivity index (χ0v) is 16.3. The number of aromatic nitrogens is 2. The first kappa shape index (κ1) is 18.8. The maximum atomic E-state index is 13.0. The van der Waals surface area contributed by atoms with Gasteiger partial charge in [-0.25, -0.2) is 0 Å². The van der Waals surface area contributed by atoms with E-state index in [0.29, 0.717) is 38.7 Å². The molecule has 7 heteroatoms. The Balaban J connectivity index is 1.95. The fourth-order valence-electron chi connectivity index (χ4n) is 2.35. The number of para-hydroxylation sites is 1. The van der Waals surface area contributed by atoms with Crippen LogP contribution < -0.4 is 10.3 Å². The lowest BCUT2D eigenvalue weighted by Gasteiger charge is -2.12. The van der Waals surface area contributed by atoms with Crippen molar-refractivity contribution in [3.05, 3.63) is 80.7 Å². The summed E-state index contributed by atoms with van der Waals surface area (Å²) in [6.07, 6.45) is 1.58. The number of ether oxygens (including phenoxy) is 1. The number of halogens is 2. The summed E-state index contributed by atoms with van der Waals surface area (Å²) in [6, 6.07) is 14.7. The average Bonchev–Trinajstić information content (AvgIpc) is 2.65. The lowest BCUT2D eigenvalue weighted by Crippen LogP contribution is -2.23. The Bertz CT molecular complexity index is 961. The number of nitrogens with zero attached hydrogens (tertiary/aromatic N) is 2. The molecule has 0 fully saturated rings. The molecular formula is C19H16Cl2N2O2S. The predicted octanol–water partition coefficient (Wildman–Crippen LogP) is 5.23. The quantitative estimate of drug-likeness (QED) is 0.525. The molecule has 1 heterocycles. The molecule has 0 saturated carbocycles. The highest BCUT2D eigenvalue weighted by molar-refractivity contribution is 7.98. The molecule has 0 aliphatic heterocycles. The molecule has 0 saturated heterocycles. The van der Waals surface area contributed by atoms with Gasteiger partial charge in [0, 0.05) is 5.75 Å². The molecule has 0 spiro atoms. The van der Waals surface area contributed by atoms with Gasteiger partial charge < -0.3 is 4.74 Å². The molecule has 0 unspecified atom stereocenters. The Hall–Kier alpha value is -1.95. The minimum Gasteiger partial charge on any atom is -0.491 e. The van der Waals surface area contributed by atoms with Gasteiger partial charge in [0.15, 0.2) is 5.75 Å². The van der Waals surface area contributed by atoms with Gasteiger partial charge in [-0.1, -0.05) is 47.5 Å². The first-order chi connectivity index (χ1) is 12.6. The number of hydrogen-bond acceptors (Lipinski definition) is 4. The van der Waals surface area contributed by atoms with Gasteiger partial charge in [-0.15, -0.1) is 11.8 Å². The molecule has 3 rings (SSSR count). The van der Waals surface area contributed by atoms with Crippen LogP contribution in [0.15, 0.2) is 64.4 Å². The Labute approximate surface area is 165 Å². The number of benzene rings is 2. The van der Waals surface area contributed by atoms with Crippen molar-refractivity contribution in [1.82, 2.24) is 9.78 Å². The van der Waals surface area contributed by atoms with Gasteiger partial charge in [0.05, 0.1) is 28.5 Å². The molecule has 1 aromatic heterocycles. The third kappa shape index (κ3) is 4.23. The van der Waals surface area contributed by atoms with Crippen molar-refractivity contribution < 1.29 is 4.74 Å². The van der Waals surface area contributed by atoms with E-state index in [2.05, 4.69) is 5.10 Å². The molecule has 0 aliphatic rings. The van der Waals surface area contributed by atoms with Crippen LogP contribution in [0.3, 0.4) is 0 Å². The zero-order valence-electron chi connectivity index (χ0n) is 14.0. The van der Waals surface area contributed by atoms with Crippen molar-refractivity contribution in [3.63, 3.8) is 0 Å². The van der Waals surface area contributed by atoms with E-state index in [4.69, 9.17) is 27.9 Å². The van der Waals surface area contributed by atoms with Crippen LogP contribution in [0.2, 0.25) is 10.0 Å². The van der Waals surface area contributed by atoms with E-state index in [-0.39, 0.29) is 5.56 Å². The Morgan fingerprint density at radius 3 is 2.58 bits per heavy atom. The van der Waals surface area contributed by atoms with E-state index < -0.39 is 0 Å². The van der Waals surface area contributed by atoms with E-state index in [9.17, 15) is 4.79 Å². The van der Waals surface area contributed by atoms with E-state index >= 15 is 0 Å². The van der Waals surface area contributed by atoms with Crippen molar-refractivity contribution in [2.45, 2.75) is 17.6 Å². The minimum absolute atomic E-state index is 0.216. The topological polar surface area (TPSA) is 44.1 Å². The third-order valence-corrected chi connectivity index (χ3v) is 5.45. The fraction of sp³-hybridized carbons (Fsp3) is 0.158. The van der Waals surface area contributed by atoms with Gasteiger partial charge >= 0.3 is 0 Å². The predicted molar refractivity (Wildman–Crippen MR) is 107 cm³/mol. The Morgan fingerprint density at radius 2 is 1.88 bits per heavy atom. The second-order valence-electron chi connectivity index (χ2n) is 5.36. The maximum absolute atomic E-state index is 13.0. The second-order valence-corrected chi connectivity index (χ2v) is 7.16. The Morgan fingerprint density at radius 1 is 1.12 bits per heavy atom. The van der Waals surface area contributed by atoms with Crippen molar-refractivity contribution in [3.8, 4) is 11.4 Å². The van der Waals surface area contributed by atoms with Crippen LogP contribution in [0.4, 0.5) is 0 Å². The zero-order chi connectivity index (χ0) is 18.5. The smallest absolute Gasteiger partial charge is 0.288 e. The lowest BCUT2D eigenvalue weighted by atomic mass is 10.2. The maximum Gasteiger partial charge on any atom is 0.288 e. The molecule has 0 aliphatic carbocycles. The molecule has 3 aromatic rings. The summed E-state index contributed by atoms with van der Waals surface area (Å²) in [6.45, 7) is 2.33. The summed E-state index contributed by atoms with van der Waals surface area (Å²) in [5.41, 5.74) is 1.46. The summed E-state index contributed by atoms with van der Waals surface area (Å²) >= 11 is 13.4. The number of rotatable bonds is 6. The van der Waals surface area contributed by atoms with Gasteiger partial charge in [-0.3, -0.25) is 4.79 Å². The minimum atomic E-state index is -0.216. The van der Waals surface area contributed by atoms with E-state index in [1.165, 1.54) is 16.4 Å². The molecule has 4 nitrogen and oxygen atoms in total. The first-order valence-electron chi connectivity index (χ1n) is 7.97. The standard InChI is InChI=1S/C19H16Cl2N2O2S/c1-2-25-17-11-22-23(14-6-4-3-5-7-14)19(24)18(17)26-12-13-8-9-15(20)16(21)10-13/h3-11H,2,12H2,1H3. The van der Waals surface area contributed by atoms with Crippen LogP contribution in [0.5, 0.6) is 5.75 Å². The summed E-state index contributed by atoms with van der Waals surface area (Å²) in [5, 5.41) is 5.23. The highest BCUT2D eigenvalue weighted by Gasteiger charge is 2.15. The molecule has 26 heavy (non-hydrogen) atoms. The van der Waals surface area contributed by atoms with Gasteiger partial charge in [-0.05, 0) is 36.8 Å². The SMILES string of the molecule is CCOc1cnn(-c2ccccc2)c(=O)c1SCc1ccc(Cl)c(Cl)c1. The highest BCUT2D eigenvalue weighted by atomic mass is 35.5. The van der Waals surface area contributed by atoms with Crippen molar-refractivity contribution in [1.29, 1.82) is 0 Å². The van der Waals surface area contributed by atoms with Crippen molar-refractivity contribution >= 4 is 35.0 Å². The molecule has 2 aromatic carbocycles. The lowest BCUT2D eigenvalue weighted by molar-refractivity contribution is 0.327. The molecule has 0 atom stereocenters. The van der Waals surface area contributed by atoms with Crippen LogP contribution in [-0.4, -0.2) is 16.4 Å². The summed E-state index contributed by atoms with van der Waals surface area (Å²) in [5.74, 6) is 1.04. The molecule has 134 valence electrons. The van der Waals surface area contributed by atoms with Crippen LogP contribution in [0, 0.1) is 0 Å². The van der Waals surface area contributed by atoms with Gasteiger partial charge in [0.25, 0.3) is 5.56 Å². The largest absolute Gasteiger partial charge is 0.491 e. The Kier molecular flexibility index (Phi) is 6.25. The monoisotopic (exact) mass is 406 g/mol. The average molecular weight is 407 g/mol. The van der Waals surface area contributed by atoms with Crippen molar-refractivity contribution in [2.75, 3.05) is 6.61 Å². The van der Waals surface area contributed by atoms with Gasteiger partial charge in [-0.2, -0.15) is 9.78 Å². The van der Waals surface area contributed by atoms with E-state index in [1.807, 2.05) is 43.3 Å². The van der Waals surface area contributed by atoms with Crippen LogP contribution >= 0.6 is 35.0 Å². The molecule has 0 N–H and O–H groups in total. The van der Waals surface area contributed by atoms with Gasteiger partial charge in [0.1, 0.15) is 4.90 Å². The van der Waals surface area contributed by atoms with Crippen molar-refractivity contribution in [2.24, 2.45) is 0 Å². The summed E-state index contributed by atoms with van der Waals surface area (Å²) < 4.78 is 6.97. The normalized spacial score (nSPS) is 10.7. The highest BCUT2D eigenvalue weighted by Crippen LogP contribution is 2.30. The van der Waals surface area contributed by atoms with Crippen LogP contribution in [-0.2, 0) is 5.75 Å². The molecule has 0 amide bonds. The van der Waals surface area contributed by atoms with Gasteiger partial charge in [0.2, 0.25) is 0 Å². The molecule has 0 bridgehead atoms. The van der Waals surface area contributed by atoms with E-state index in [1.54, 1.807) is 18.3 Å². The summed E-state index contributed by atoms with van der Waals surface area (Å²) in [4.78, 5) is 13.5. The molecular weight excluding hydrogens is 391 g/mol. The van der Waals surface area contributed by atoms with Crippen LogP contribution in [0.1, 0.15) is 12.5 Å². The molecule has 0 radical (unpaired) electrons.